The molecule has 16 heavy (non-hydrogen) atoms. The second-order valence-corrected chi connectivity index (χ2v) is 5.51. The zero-order valence-corrected chi connectivity index (χ0v) is 10.3. The van der Waals surface area contributed by atoms with Crippen LogP contribution in [-0.4, -0.2) is 40.8 Å². The van der Waals surface area contributed by atoms with Gasteiger partial charge >= 0.3 is 0 Å². The standard InChI is InChI=1S/C11H16N4S/c1-8-6-13-14-11-10(8)12-3-2-9-7-16-5-4-15(9)11/h6,9,12H,2-5,7H2,1H3. The largest absolute Gasteiger partial charge is 0.382 e. The molecule has 0 saturated carbocycles. The van der Waals surface area contributed by atoms with Gasteiger partial charge in [-0.05, 0) is 18.9 Å². The van der Waals surface area contributed by atoms with Gasteiger partial charge in [0.15, 0.2) is 5.82 Å². The molecule has 4 nitrogen and oxygen atoms in total. The van der Waals surface area contributed by atoms with E-state index in [1.165, 1.54) is 29.2 Å². The van der Waals surface area contributed by atoms with Crippen LogP contribution in [0.5, 0.6) is 0 Å². The molecule has 3 heterocycles. The van der Waals surface area contributed by atoms with Crippen LogP contribution in [0.1, 0.15) is 12.0 Å². The molecule has 2 aliphatic heterocycles. The van der Waals surface area contributed by atoms with Crippen LogP contribution in [0.3, 0.4) is 0 Å². The Morgan fingerprint density at radius 1 is 1.56 bits per heavy atom. The Labute approximate surface area is 99.8 Å². The lowest BCUT2D eigenvalue weighted by molar-refractivity contribution is 0.616. The number of hydrogen-bond donors (Lipinski definition) is 1. The van der Waals surface area contributed by atoms with Gasteiger partial charge in [-0.1, -0.05) is 0 Å². The highest BCUT2D eigenvalue weighted by Crippen LogP contribution is 2.33. The number of hydrogen-bond acceptors (Lipinski definition) is 5. The van der Waals surface area contributed by atoms with Crippen LogP contribution in [0.15, 0.2) is 6.20 Å². The summed E-state index contributed by atoms with van der Waals surface area (Å²) in [6, 6.07) is 0.628. The van der Waals surface area contributed by atoms with E-state index < -0.39 is 0 Å². The molecule has 1 fully saturated rings. The maximum Gasteiger partial charge on any atom is 0.175 e. The first kappa shape index (κ1) is 10.2. The summed E-state index contributed by atoms with van der Waals surface area (Å²) in [4.78, 5) is 2.44. The quantitative estimate of drug-likeness (QED) is 0.739. The van der Waals surface area contributed by atoms with Gasteiger partial charge < -0.3 is 10.2 Å². The van der Waals surface area contributed by atoms with Gasteiger partial charge in [-0.2, -0.15) is 16.9 Å². The molecule has 1 aromatic heterocycles. The van der Waals surface area contributed by atoms with Gasteiger partial charge in [0.25, 0.3) is 0 Å². The van der Waals surface area contributed by atoms with E-state index >= 15 is 0 Å². The number of thioether (sulfide) groups is 1. The fourth-order valence-corrected chi connectivity index (χ4v) is 3.53. The van der Waals surface area contributed by atoms with Gasteiger partial charge in [0.1, 0.15) is 0 Å². The van der Waals surface area contributed by atoms with Gasteiger partial charge in [-0.25, -0.2) is 0 Å². The molecule has 0 bridgehead atoms. The maximum atomic E-state index is 4.33. The molecule has 3 rings (SSSR count). The molecule has 1 atom stereocenters. The zero-order chi connectivity index (χ0) is 11.0. The number of fused-ring (bicyclic) bond motifs is 3. The summed E-state index contributed by atoms with van der Waals surface area (Å²) < 4.78 is 0. The van der Waals surface area contributed by atoms with E-state index in [4.69, 9.17) is 0 Å². The van der Waals surface area contributed by atoms with Crippen molar-refractivity contribution in [3.8, 4) is 0 Å². The predicted molar refractivity (Wildman–Crippen MR) is 68.3 cm³/mol. The fourth-order valence-electron chi connectivity index (χ4n) is 2.42. The summed E-state index contributed by atoms with van der Waals surface area (Å²) in [5.41, 5.74) is 2.38. The molecule has 0 aliphatic carbocycles. The highest BCUT2D eigenvalue weighted by atomic mass is 32.2. The summed E-state index contributed by atoms with van der Waals surface area (Å²) in [5.74, 6) is 3.48. The van der Waals surface area contributed by atoms with Gasteiger partial charge in [-0.3, -0.25) is 0 Å². The number of aryl methyl sites for hydroxylation is 1. The number of rotatable bonds is 0. The van der Waals surface area contributed by atoms with Crippen LogP contribution >= 0.6 is 11.8 Å². The highest BCUT2D eigenvalue weighted by Gasteiger charge is 2.28. The van der Waals surface area contributed by atoms with Gasteiger partial charge in [0.05, 0.1) is 11.9 Å². The van der Waals surface area contributed by atoms with Crippen LogP contribution < -0.4 is 10.2 Å². The minimum atomic E-state index is 0.628. The minimum Gasteiger partial charge on any atom is -0.382 e. The molecule has 5 heteroatoms. The molecule has 0 radical (unpaired) electrons. The van der Waals surface area contributed by atoms with Gasteiger partial charge in [0.2, 0.25) is 0 Å². The van der Waals surface area contributed by atoms with Crippen molar-refractivity contribution in [2.75, 3.05) is 34.8 Å². The highest BCUT2D eigenvalue weighted by molar-refractivity contribution is 7.99. The lowest BCUT2D eigenvalue weighted by atomic mass is 10.2. The first-order chi connectivity index (χ1) is 7.86. The number of aromatic nitrogens is 2. The summed E-state index contributed by atoms with van der Waals surface area (Å²) in [6.45, 7) is 4.24. The Hall–Kier alpha value is -0.970. The normalized spacial score (nSPS) is 24.1. The summed E-state index contributed by atoms with van der Waals surface area (Å²) in [5, 5.41) is 11.9. The molecule has 1 unspecified atom stereocenters. The Bertz CT molecular complexity index is 396. The van der Waals surface area contributed by atoms with Crippen molar-refractivity contribution < 1.29 is 0 Å². The topological polar surface area (TPSA) is 41.1 Å². The fraction of sp³-hybridized carbons (Fsp3) is 0.636. The van der Waals surface area contributed by atoms with Crippen LogP contribution in [0.4, 0.5) is 11.5 Å². The second kappa shape index (κ2) is 4.13. The van der Waals surface area contributed by atoms with E-state index in [1.807, 2.05) is 6.20 Å². The first-order valence-corrected chi connectivity index (χ1v) is 6.92. The van der Waals surface area contributed by atoms with Crippen molar-refractivity contribution in [3.63, 3.8) is 0 Å². The molecule has 86 valence electrons. The summed E-state index contributed by atoms with van der Waals surface area (Å²) in [6.07, 6.45) is 3.04. The van der Waals surface area contributed by atoms with Crippen molar-refractivity contribution in [2.45, 2.75) is 19.4 Å². The Kier molecular flexibility index (Phi) is 2.63. The monoisotopic (exact) mass is 236 g/mol. The average molecular weight is 236 g/mol. The van der Waals surface area contributed by atoms with Gasteiger partial charge in [0, 0.05) is 30.6 Å². The SMILES string of the molecule is Cc1cnnc2c1NCCC1CSCCN21. The molecule has 1 N–H and O–H groups in total. The van der Waals surface area contributed by atoms with Crippen LogP contribution in [0.2, 0.25) is 0 Å². The number of nitrogens with zero attached hydrogens (tertiary/aromatic N) is 3. The number of anilines is 2. The van der Waals surface area contributed by atoms with Crippen LogP contribution in [0, 0.1) is 6.92 Å². The minimum absolute atomic E-state index is 0.628. The molecule has 0 aromatic carbocycles. The van der Waals surface area contributed by atoms with Crippen molar-refractivity contribution >= 4 is 23.3 Å². The third-order valence-corrected chi connectivity index (χ3v) is 4.39. The third-order valence-electron chi connectivity index (χ3n) is 3.30. The lowest BCUT2D eigenvalue weighted by Crippen LogP contribution is -2.42. The van der Waals surface area contributed by atoms with E-state index in [9.17, 15) is 0 Å². The van der Waals surface area contributed by atoms with E-state index in [0.29, 0.717) is 6.04 Å². The molecule has 1 saturated heterocycles. The van der Waals surface area contributed by atoms with Crippen molar-refractivity contribution in [2.24, 2.45) is 0 Å². The van der Waals surface area contributed by atoms with Crippen LogP contribution in [-0.2, 0) is 0 Å². The second-order valence-electron chi connectivity index (χ2n) is 4.36. The van der Waals surface area contributed by atoms with Crippen LogP contribution in [0.25, 0.3) is 0 Å². The Balaban J connectivity index is 2.04. The molecular formula is C11H16N4S. The summed E-state index contributed by atoms with van der Waals surface area (Å²) >= 11 is 2.05. The first-order valence-electron chi connectivity index (χ1n) is 5.77. The average Bonchev–Trinajstić information content (AvgIpc) is 2.50. The molecular weight excluding hydrogens is 220 g/mol. The zero-order valence-electron chi connectivity index (χ0n) is 9.44. The van der Waals surface area contributed by atoms with E-state index in [-0.39, 0.29) is 0 Å². The molecule has 2 aliphatic rings. The van der Waals surface area contributed by atoms with Crippen molar-refractivity contribution in [1.29, 1.82) is 0 Å². The molecule has 0 amide bonds. The predicted octanol–water partition coefficient (Wildman–Crippen LogP) is 1.52. The molecule has 0 spiro atoms. The van der Waals surface area contributed by atoms with E-state index in [2.05, 4.69) is 39.1 Å². The summed E-state index contributed by atoms with van der Waals surface area (Å²) in [7, 11) is 0. The van der Waals surface area contributed by atoms with Crippen molar-refractivity contribution in [1.82, 2.24) is 10.2 Å². The Morgan fingerprint density at radius 3 is 3.44 bits per heavy atom. The van der Waals surface area contributed by atoms with Gasteiger partial charge in [-0.15, -0.1) is 5.10 Å². The third kappa shape index (κ3) is 1.63. The maximum absolute atomic E-state index is 4.33. The van der Waals surface area contributed by atoms with Crippen molar-refractivity contribution in [3.05, 3.63) is 11.8 Å². The Morgan fingerprint density at radius 2 is 2.50 bits per heavy atom. The smallest absolute Gasteiger partial charge is 0.175 e. The van der Waals surface area contributed by atoms with E-state index in [0.717, 1.165) is 18.9 Å². The number of nitrogens with one attached hydrogen (secondary N) is 1. The molecule has 1 aromatic rings. The lowest BCUT2D eigenvalue weighted by Gasteiger charge is -2.34. The van der Waals surface area contributed by atoms with E-state index in [1.54, 1.807) is 0 Å².